The van der Waals surface area contributed by atoms with E-state index in [1.165, 1.54) is 0 Å². The average Bonchev–Trinajstić information content (AvgIpc) is 2.56. The van der Waals surface area contributed by atoms with Crippen molar-refractivity contribution < 1.29 is 9.59 Å². The van der Waals surface area contributed by atoms with E-state index >= 15 is 0 Å². The third-order valence-electron chi connectivity index (χ3n) is 3.60. The Morgan fingerprint density at radius 1 is 1.41 bits per heavy atom. The second kappa shape index (κ2) is 5.49. The van der Waals surface area contributed by atoms with E-state index in [-0.39, 0.29) is 17.7 Å². The number of hydrogen-bond acceptors (Lipinski definition) is 3. The van der Waals surface area contributed by atoms with Gasteiger partial charge in [0, 0.05) is 39.1 Å². The summed E-state index contributed by atoms with van der Waals surface area (Å²) >= 11 is 0. The van der Waals surface area contributed by atoms with Crippen LogP contribution in [-0.2, 0) is 9.59 Å². The van der Waals surface area contributed by atoms with Gasteiger partial charge in [0.15, 0.2) is 0 Å². The molecule has 2 saturated heterocycles. The maximum atomic E-state index is 12.3. The highest BCUT2D eigenvalue weighted by atomic mass is 16.2. The molecule has 2 amide bonds. The summed E-state index contributed by atoms with van der Waals surface area (Å²) in [6, 6.07) is 0. The lowest BCUT2D eigenvalue weighted by Crippen LogP contribution is -2.39. The van der Waals surface area contributed by atoms with Gasteiger partial charge in [-0.3, -0.25) is 9.59 Å². The van der Waals surface area contributed by atoms with Crippen LogP contribution in [0.2, 0.25) is 0 Å². The fourth-order valence-electron chi connectivity index (χ4n) is 2.57. The quantitative estimate of drug-likeness (QED) is 0.718. The number of likely N-dealkylation sites (tertiary alicyclic amines) is 1. The molecule has 96 valence electrons. The summed E-state index contributed by atoms with van der Waals surface area (Å²) in [6.07, 6.45) is 1.40. The average molecular weight is 239 g/mol. The van der Waals surface area contributed by atoms with Crippen molar-refractivity contribution in [2.24, 2.45) is 5.92 Å². The Bertz CT molecular complexity index is 298. The van der Waals surface area contributed by atoms with Gasteiger partial charge in [-0.1, -0.05) is 0 Å². The largest absolute Gasteiger partial charge is 0.342 e. The number of carbonyl (C=O) groups excluding carboxylic acids is 2. The topological polar surface area (TPSA) is 52.7 Å². The SMILES string of the molecule is CCN1CC(C(=O)N2CCCNCC2)CC1=O. The van der Waals surface area contributed by atoms with Crippen molar-refractivity contribution in [3.63, 3.8) is 0 Å². The molecule has 2 fully saturated rings. The molecule has 2 aliphatic heterocycles. The molecule has 2 rings (SSSR count). The summed E-state index contributed by atoms with van der Waals surface area (Å²) in [7, 11) is 0. The van der Waals surface area contributed by atoms with Gasteiger partial charge in [-0.2, -0.15) is 0 Å². The zero-order valence-electron chi connectivity index (χ0n) is 10.4. The molecule has 0 radical (unpaired) electrons. The van der Waals surface area contributed by atoms with Crippen molar-refractivity contribution in [3.05, 3.63) is 0 Å². The van der Waals surface area contributed by atoms with Gasteiger partial charge in [-0.15, -0.1) is 0 Å². The van der Waals surface area contributed by atoms with E-state index in [1.807, 2.05) is 11.8 Å². The Morgan fingerprint density at radius 3 is 2.94 bits per heavy atom. The minimum atomic E-state index is -0.111. The van der Waals surface area contributed by atoms with Gasteiger partial charge in [0.05, 0.1) is 5.92 Å². The van der Waals surface area contributed by atoms with Gasteiger partial charge >= 0.3 is 0 Å². The van der Waals surface area contributed by atoms with Gasteiger partial charge < -0.3 is 15.1 Å². The van der Waals surface area contributed by atoms with Gasteiger partial charge in [0.2, 0.25) is 11.8 Å². The van der Waals surface area contributed by atoms with Crippen LogP contribution in [0.3, 0.4) is 0 Å². The van der Waals surface area contributed by atoms with Crippen molar-refractivity contribution in [1.29, 1.82) is 0 Å². The molecule has 1 N–H and O–H groups in total. The maximum Gasteiger partial charge on any atom is 0.228 e. The van der Waals surface area contributed by atoms with Crippen molar-refractivity contribution >= 4 is 11.8 Å². The van der Waals surface area contributed by atoms with E-state index in [1.54, 1.807) is 4.90 Å². The summed E-state index contributed by atoms with van der Waals surface area (Å²) in [5.74, 6) is 0.178. The minimum Gasteiger partial charge on any atom is -0.342 e. The number of rotatable bonds is 2. The number of nitrogens with zero attached hydrogens (tertiary/aromatic N) is 2. The third-order valence-corrected chi connectivity index (χ3v) is 3.60. The van der Waals surface area contributed by atoms with E-state index in [9.17, 15) is 9.59 Å². The molecule has 0 aromatic carbocycles. The standard InChI is InChI=1S/C12H21N3O2/c1-2-14-9-10(8-11(14)16)12(17)15-6-3-4-13-5-7-15/h10,13H,2-9H2,1H3. The monoisotopic (exact) mass is 239 g/mol. The first-order valence-electron chi connectivity index (χ1n) is 6.49. The van der Waals surface area contributed by atoms with Crippen LogP contribution in [-0.4, -0.2) is 60.9 Å². The second-order valence-electron chi connectivity index (χ2n) is 4.76. The number of nitrogens with one attached hydrogen (secondary N) is 1. The molecular formula is C12H21N3O2. The lowest BCUT2D eigenvalue weighted by molar-refractivity contribution is -0.135. The highest BCUT2D eigenvalue weighted by Crippen LogP contribution is 2.20. The zero-order chi connectivity index (χ0) is 12.3. The summed E-state index contributed by atoms with van der Waals surface area (Å²) in [6.45, 7) is 6.72. The maximum absolute atomic E-state index is 12.3. The van der Waals surface area contributed by atoms with Crippen LogP contribution in [0.4, 0.5) is 0 Å². The van der Waals surface area contributed by atoms with Gasteiger partial charge in [0.1, 0.15) is 0 Å². The van der Waals surface area contributed by atoms with Crippen molar-refractivity contribution in [2.45, 2.75) is 19.8 Å². The molecule has 5 nitrogen and oxygen atoms in total. The normalized spacial score (nSPS) is 26.2. The Hall–Kier alpha value is -1.10. The smallest absolute Gasteiger partial charge is 0.228 e. The van der Waals surface area contributed by atoms with Crippen molar-refractivity contribution in [3.8, 4) is 0 Å². The van der Waals surface area contributed by atoms with Gasteiger partial charge in [-0.25, -0.2) is 0 Å². The Morgan fingerprint density at radius 2 is 2.24 bits per heavy atom. The summed E-state index contributed by atoms with van der Waals surface area (Å²) < 4.78 is 0. The first kappa shape index (κ1) is 12.4. The van der Waals surface area contributed by atoms with E-state index in [0.717, 1.165) is 32.6 Å². The lowest BCUT2D eigenvalue weighted by Gasteiger charge is -2.23. The highest BCUT2D eigenvalue weighted by Gasteiger charge is 2.35. The molecule has 0 saturated carbocycles. The highest BCUT2D eigenvalue weighted by molar-refractivity contribution is 5.89. The van der Waals surface area contributed by atoms with E-state index in [0.29, 0.717) is 19.5 Å². The zero-order valence-corrected chi connectivity index (χ0v) is 10.4. The van der Waals surface area contributed by atoms with E-state index in [4.69, 9.17) is 0 Å². The Kier molecular flexibility index (Phi) is 3.99. The molecule has 0 spiro atoms. The fraction of sp³-hybridized carbons (Fsp3) is 0.833. The molecular weight excluding hydrogens is 218 g/mol. The van der Waals surface area contributed by atoms with Crippen LogP contribution >= 0.6 is 0 Å². The predicted octanol–water partition coefficient (Wildman–Crippen LogP) is -0.323. The van der Waals surface area contributed by atoms with E-state index < -0.39 is 0 Å². The molecule has 0 bridgehead atoms. The minimum absolute atomic E-state index is 0.111. The molecule has 1 atom stereocenters. The molecule has 0 aliphatic carbocycles. The summed E-state index contributed by atoms with van der Waals surface area (Å²) in [4.78, 5) is 27.6. The molecule has 1 unspecified atom stereocenters. The van der Waals surface area contributed by atoms with Crippen LogP contribution < -0.4 is 5.32 Å². The first-order chi connectivity index (χ1) is 8.22. The molecule has 5 heteroatoms. The summed E-state index contributed by atoms with van der Waals surface area (Å²) in [5.41, 5.74) is 0. The molecule has 17 heavy (non-hydrogen) atoms. The molecule has 0 aromatic heterocycles. The number of hydrogen-bond donors (Lipinski definition) is 1. The van der Waals surface area contributed by atoms with Crippen LogP contribution in [0, 0.1) is 5.92 Å². The first-order valence-corrected chi connectivity index (χ1v) is 6.49. The number of amides is 2. The second-order valence-corrected chi connectivity index (χ2v) is 4.76. The molecule has 2 heterocycles. The van der Waals surface area contributed by atoms with Crippen LogP contribution in [0.15, 0.2) is 0 Å². The summed E-state index contributed by atoms with van der Waals surface area (Å²) in [5, 5.41) is 3.28. The number of carbonyl (C=O) groups is 2. The Labute approximate surface area is 102 Å². The Balaban J connectivity index is 1.93. The fourth-order valence-corrected chi connectivity index (χ4v) is 2.57. The van der Waals surface area contributed by atoms with Gasteiger partial charge in [-0.05, 0) is 19.9 Å². The predicted molar refractivity (Wildman–Crippen MR) is 64.4 cm³/mol. The lowest BCUT2D eigenvalue weighted by atomic mass is 10.1. The van der Waals surface area contributed by atoms with Crippen molar-refractivity contribution in [1.82, 2.24) is 15.1 Å². The third kappa shape index (κ3) is 2.77. The van der Waals surface area contributed by atoms with Gasteiger partial charge in [0.25, 0.3) is 0 Å². The van der Waals surface area contributed by atoms with Crippen LogP contribution in [0.1, 0.15) is 19.8 Å². The van der Waals surface area contributed by atoms with Crippen LogP contribution in [0.25, 0.3) is 0 Å². The molecule has 2 aliphatic rings. The molecule has 0 aromatic rings. The van der Waals surface area contributed by atoms with Crippen LogP contribution in [0.5, 0.6) is 0 Å². The van der Waals surface area contributed by atoms with Crippen molar-refractivity contribution in [2.75, 3.05) is 39.3 Å². The van der Waals surface area contributed by atoms with E-state index in [2.05, 4.69) is 5.32 Å².